The molecule has 0 aliphatic carbocycles. The molecule has 0 rings (SSSR count). The Balaban J connectivity index is 0. The monoisotopic (exact) mass is 251 g/mol. The van der Waals surface area contributed by atoms with Crippen LogP contribution in [0, 0.1) is 0 Å². The minimum Gasteiger partial charge on any atom is -0.394 e. The predicted octanol–water partition coefficient (Wildman–Crippen LogP) is -3.67. The van der Waals surface area contributed by atoms with Crippen LogP contribution < -0.4 is 0 Å². The topological polar surface area (TPSA) is 176 Å². The van der Waals surface area contributed by atoms with E-state index in [9.17, 15) is 4.79 Å². The van der Waals surface area contributed by atoms with E-state index in [1.165, 1.54) is 0 Å². The Bertz CT molecular complexity index is 204. The maximum Gasteiger partial charge on any atom is 0.466 e. The Labute approximate surface area is 84.5 Å². The van der Waals surface area contributed by atoms with E-state index in [0.29, 0.717) is 0 Å². The van der Waals surface area contributed by atoms with Crippen LogP contribution in [0.15, 0.2) is 0 Å². The predicted molar refractivity (Wildman–Crippen MR) is 45.4 cm³/mol. The highest BCUT2D eigenvalue weighted by atomic mass is 31.2. The van der Waals surface area contributed by atoms with Gasteiger partial charge in [0.25, 0.3) is 0 Å². The molecule has 9 nitrogen and oxygen atoms in total. The summed E-state index contributed by atoms with van der Waals surface area (Å²) >= 11 is 0. The van der Waals surface area contributed by atoms with Crippen molar-refractivity contribution in [1.82, 2.24) is 0 Å². The van der Waals surface area contributed by atoms with E-state index >= 15 is 0 Å². The number of phosphoric acid groups is 1. The minimum absolute atomic E-state index is 0.0869. The molecule has 92 valence electrons. The number of carbonyl (C=O) groups is 1. The average molecular weight is 251 g/mol. The van der Waals surface area contributed by atoms with E-state index in [1.54, 1.807) is 0 Å². The van der Waals surface area contributed by atoms with Crippen molar-refractivity contribution in [3.63, 3.8) is 0 Å². The second kappa shape index (κ2) is 7.85. The summed E-state index contributed by atoms with van der Waals surface area (Å²) in [4.78, 5) is 31.3. The van der Waals surface area contributed by atoms with E-state index in [1.807, 2.05) is 0 Å². The van der Waals surface area contributed by atoms with Crippen molar-refractivity contribution in [2.45, 2.75) is 18.3 Å². The third-order valence-corrected chi connectivity index (χ3v) is 1.07. The van der Waals surface area contributed by atoms with Gasteiger partial charge in [0.15, 0.2) is 6.29 Å². The van der Waals surface area contributed by atoms with Crippen LogP contribution in [0.3, 0.4) is 0 Å². The third-order valence-electron chi connectivity index (χ3n) is 1.07. The van der Waals surface area contributed by atoms with Crippen molar-refractivity contribution in [2.75, 3.05) is 6.61 Å². The second-order valence-electron chi connectivity index (χ2n) is 2.38. The Kier molecular flexibility index (Phi) is 8.92. The molecule has 0 aromatic rings. The molecule has 0 heterocycles. The molecule has 15 heavy (non-hydrogen) atoms. The molecule has 10 heteroatoms. The lowest BCUT2D eigenvalue weighted by atomic mass is 10.5. The van der Waals surface area contributed by atoms with Gasteiger partial charge in [-0.2, -0.15) is 0 Å². The lowest BCUT2D eigenvalue weighted by Crippen LogP contribution is -2.40. The lowest BCUT2D eigenvalue weighted by Gasteiger charge is -2.16. The molecule has 0 bridgehead atoms. The highest BCUT2D eigenvalue weighted by Gasteiger charge is 2.22. The van der Waals surface area contributed by atoms with Crippen molar-refractivity contribution in [3.05, 3.63) is 0 Å². The molecule has 0 saturated carbocycles. The Morgan fingerprint density at radius 1 is 1.13 bits per heavy atom. The van der Waals surface area contributed by atoms with Gasteiger partial charge in [0.1, 0.15) is 18.3 Å². The van der Waals surface area contributed by atoms with Gasteiger partial charge < -0.3 is 39.9 Å². The van der Waals surface area contributed by atoms with Crippen LogP contribution in [0.5, 0.6) is 0 Å². The Morgan fingerprint density at radius 2 is 1.47 bits per heavy atom. The number of carbonyl (C=O) groups excluding carboxylic acids is 1. The molecule has 0 amide bonds. The maximum absolute atomic E-state index is 9.76. The van der Waals surface area contributed by atoms with Crippen molar-refractivity contribution >= 4 is 14.1 Å². The number of hydrogen-bond acceptors (Lipinski definition) is 6. The van der Waals surface area contributed by atoms with Gasteiger partial charge in [-0.1, -0.05) is 0 Å². The first-order chi connectivity index (χ1) is 6.63. The Morgan fingerprint density at radius 3 is 1.67 bits per heavy atom. The Hall–Kier alpha value is -0.380. The molecule has 0 unspecified atom stereocenters. The summed E-state index contributed by atoms with van der Waals surface area (Å²) in [6.07, 6.45) is -4.63. The number of aliphatic hydroxyl groups excluding tert-OH is 4. The number of hydrogen-bond donors (Lipinski definition) is 7. The van der Waals surface area contributed by atoms with Gasteiger partial charge >= 0.3 is 7.82 Å². The van der Waals surface area contributed by atoms with Crippen LogP contribution in [0.25, 0.3) is 0 Å². The maximum atomic E-state index is 9.76. The summed E-state index contributed by atoms with van der Waals surface area (Å²) < 4.78 is 8.88. The summed E-state index contributed by atoms with van der Waals surface area (Å²) in [5.41, 5.74) is 0. The van der Waals surface area contributed by atoms with Crippen molar-refractivity contribution in [2.24, 2.45) is 0 Å². The standard InChI is InChI=1S/C5H10O5.H3O4P/c6-1-3(8)5(10)4(9)2-7;1-5(2,3)4/h1,3-5,7-10H,2H2;(H3,1,2,3,4)/t3-,4+,5-;/m0./s1/i2+1,4+1,5+1;. The molecule has 7 N–H and O–H groups in total. The van der Waals surface area contributed by atoms with Crippen molar-refractivity contribution in [3.8, 4) is 0 Å². The van der Waals surface area contributed by atoms with Gasteiger partial charge in [-0.15, -0.1) is 0 Å². The largest absolute Gasteiger partial charge is 0.466 e. The number of aldehydes is 1. The van der Waals surface area contributed by atoms with Crippen LogP contribution in [0.1, 0.15) is 0 Å². The van der Waals surface area contributed by atoms with E-state index in [2.05, 4.69) is 0 Å². The van der Waals surface area contributed by atoms with Crippen LogP contribution in [0.4, 0.5) is 0 Å². The highest BCUT2D eigenvalue weighted by molar-refractivity contribution is 7.45. The quantitative estimate of drug-likeness (QED) is 0.151. The summed E-state index contributed by atoms with van der Waals surface area (Å²) in [5, 5.41) is 34.1. The SMILES string of the molecule is O=C[C@H](O)[13C@H](O)[13C@H](O)[13CH2]O.O=P(O)(O)O. The second-order valence-corrected chi connectivity index (χ2v) is 3.41. The van der Waals surface area contributed by atoms with E-state index < -0.39 is 32.7 Å². The van der Waals surface area contributed by atoms with Gasteiger partial charge in [-0.05, 0) is 0 Å². The molecule has 3 atom stereocenters. The molecule has 0 saturated heterocycles. The number of rotatable bonds is 4. The van der Waals surface area contributed by atoms with Gasteiger partial charge in [-0.3, -0.25) is 0 Å². The first-order valence-corrected chi connectivity index (χ1v) is 5.08. The molecule has 0 aromatic carbocycles. The van der Waals surface area contributed by atoms with Gasteiger partial charge in [0.05, 0.1) is 6.61 Å². The van der Waals surface area contributed by atoms with Crippen LogP contribution in [-0.2, 0) is 9.36 Å². The van der Waals surface area contributed by atoms with Crippen molar-refractivity contribution < 1.29 is 44.5 Å². The molecule has 0 aliphatic rings. The van der Waals surface area contributed by atoms with Crippen LogP contribution in [0.2, 0.25) is 0 Å². The van der Waals surface area contributed by atoms with E-state index in [0.717, 1.165) is 0 Å². The minimum atomic E-state index is -4.64. The summed E-state index contributed by atoms with van der Waals surface area (Å²) in [7, 11) is -4.64. The molecule has 0 radical (unpaired) electrons. The summed E-state index contributed by atoms with van der Waals surface area (Å²) in [6.45, 7) is -0.688. The molecule has 0 spiro atoms. The summed E-state index contributed by atoms with van der Waals surface area (Å²) in [5.74, 6) is 0. The normalized spacial score (nSPS) is 17.0. The fourth-order valence-corrected chi connectivity index (χ4v) is 0.416. The first-order valence-electron chi connectivity index (χ1n) is 3.52. The van der Waals surface area contributed by atoms with Gasteiger partial charge in [0, 0.05) is 0 Å². The van der Waals surface area contributed by atoms with Gasteiger partial charge in [0.2, 0.25) is 0 Å². The molecular weight excluding hydrogens is 238 g/mol. The zero-order chi connectivity index (χ0) is 12.6. The molecular formula is C5H13O9P. The van der Waals surface area contributed by atoms with Gasteiger partial charge in [-0.25, -0.2) is 4.57 Å². The number of aliphatic hydroxyl groups is 4. The average Bonchev–Trinajstić information content (AvgIpc) is 2.11. The molecule has 0 aromatic heterocycles. The third kappa shape index (κ3) is 13.6. The highest BCUT2D eigenvalue weighted by Crippen LogP contribution is 2.25. The van der Waals surface area contributed by atoms with Crippen molar-refractivity contribution in [1.29, 1.82) is 0 Å². The zero-order valence-electron chi connectivity index (χ0n) is 7.41. The summed E-state index contributed by atoms with van der Waals surface area (Å²) in [6, 6.07) is 0. The molecule has 0 aliphatic heterocycles. The van der Waals surface area contributed by atoms with E-state index in [4.69, 9.17) is 39.7 Å². The van der Waals surface area contributed by atoms with Crippen LogP contribution in [-0.4, -0.2) is 66.3 Å². The smallest absolute Gasteiger partial charge is 0.394 e. The molecule has 0 fully saturated rings. The fraction of sp³-hybridized carbons (Fsp3) is 0.800. The van der Waals surface area contributed by atoms with Crippen LogP contribution >= 0.6 is 7.82 Å². The fourth-order valence-electron chi connectivity index (χ4n) is 0.416. The zero-order valence-corrected chi connectivity index (χ0v) is 8.31. The lowest BCUT2D eigenvalue weighted by molar-refractivity contribution is -0.127. The van der Waals surface area contributed by atoms with E-state index in [-0.39, 0.29) is 6.29 Å². The first kappa shape index (κ1) is 17.0.